The van der Waals surface area contributed by atoms with E-state index in [1.807, 2.05) is 0 Å². The third-order valence-electron chi connectivity index (χ3n) is 5.61. The zero-order chi connectivity index (χ0) is 17.3. The fourth-order valence-corrected chi connectivity index (χ4v) is 3.87. The van der Waals surface area contributed by atoms with Crippen LogP contribution in [0.15, 0.2) is 0 Å². The second-order valence-corrected chi connectivity index (χ2v) is 7.07. The van der Waals surface area contributed by atoms with Crippen LogP contribution in [-0.2, 0) is 4.74 Å². The average molecular weight is 346 g/mol. The summed E-state index contributed by atoms with van der Waals surface area (Å²) < 4.78 is 84.5. The van der Waals surface area contributed by atoms with E-state index in [4.69, 9.17) is 4.74 Å². The lowest BCUT2D eigenvalue weighted by Crippen LogP contribution is -2.53. The maximum Gasteiger partial charge on any atom is 0.403 e. The van der Waals surface area contributed by atoms with E-state index < -0.39 is 23.7 Å². The molecule has 1 nitrogen and oxygen atoms in total. The van der Waals surface area contributed by atoms with Gasteiger partial charge in [-0.3, -0.25) is 0 Å². The molecule has 7 heteroatoms. The number of hydrogen-bond acceptors (Lipinski definition) is 1. The van der Waals surface area contributed by atoms with E-state index in [9.17, 15) is 26.3 Å². The van der Waals surface area contributed by atoms with Gasteiger partial charge >= 0.3 is 12.4 Å². The van der Waals surface area contributed by atoms with Crippen LogP contribution in [0.5, 0.6) is 0 Å². The van der Waals surface area contributed by atoms with Gasteiger partial charge in [0.05, 0.1) is 12.2 Å². The van der Waals surface area contributed by atoms with Crippen LogP contribution in [0.3, 0.4) is 0 Å². The fourth-order valence-electron chi connectivity index (χ4n) is 3.87. The monoisotopic (exact) mass is 346 g/mol. The third kappa shape index (κ3) is 3.97. The minimum atomic E-state index is -5.28. The molecule has 0 aromatic heterocycles. The van der Waals surface area contributed by atoms with Gasteiger partial charge in [-0.25, -0.2) is 0 Å². The number of halogens is 6. The minimum absolute atomic E-state index is 0.0904. The Hall–Kier alpha value is -0.460. The van der Waals surface area contributed by atoms with E-state index >= 15 is 0 Å². The molecule has 0 aromatic carbocycles. The lowest BCUT2D eigenvalue weighted by molar-refractivity contribution is -0.355. The Kier molecular flexibility index (Phi) is 5.58. The van der Waals surface area contributed by atoms with Crippen LogP contribution in [0.1, 0.15) is 64.7 Å². The quantitative estimate of drug-likeness (QED) is 0.567. The average Bonchev–Trinajstić information content (AvgIpc) is 2.46. The fraction of sp³-hybridized carbons (Fsp3) is 1.00. The second-order valence-electron chi connectivity index (χ2n) is 7.07. The first-order valence-corrected chi connectivity index (χ1v) is 8.34. The summed E-state index contributed by atoms with van der Waals surface area (Å²) in [6, 6.07) is 0. The van der Waals surface area contributed by atoms with Crippen molar-refractivity contribution in [2.24, 2.45) is 11.3 Å². The molecule has 0 atom stereocenters. The van der Waals surface area contributed by atoms with Crippen molar-refractivity contribution in [3.63, 3.8) is 0 Å². The van der Waals surface area contributed by atoms with Crippen LogP contribution in [0.2, 0.25) is 0 Å². The van der Waals surface area contributed by atoms with Crippen LogP contribution >= 0.6 is 0 Å². The maximum absolute atomic E-state index is 13.1. The van der Waals surface area contributed by atoms with Gasteiger partial charge in [-0.1, -0.05) is 19.3 Å². The first kappa shape index (κ1) is 18.9. The van der Waals surface area contributed by atoms with Gasteiger partial charge in [-0.05, 0) is 51.4 Å². The summed E-state index contributed by atoms with van der Waals surface area (Å²) in [6.07, 6.45) is -5.03. The molecule has 2 aliphatic carbocycles. The predicted molar refractivity (Wildman–Crippen MR) is 73.9 cm³/mol. The molecule has 0 spiro atoms. The first-order chi connectivity index (χ1) is 10.6. The summed E-state index contributed by atoms with van der Waals surface area (Å²) in [5.74, 6) is -1.42. The standard InChI is InChI=1S/C16H24F6O/c1-14(15(17,18)19,16(20,21)22)11-7-9-13(10-8-11)23-12-5-3-2-4-6-12/h11-13H,2-10H2,1H3. The summed E-state index contributed by atoms with van der Waals surface area (Å²) in [6.45, 7) is 0.306. The van der Waals surface area contributed by atoms with Crippen LogP contribution in [0, 0.1) is 11.3 Å². The molecule has 23 heavy (non-hydrogen) atoms. The SMILES string of the molecule is CC(C1CCC(OC2CCCCC2)CC1)(C(F)(F)F)C(F)(F)F. The maximum atomic E-state index is 13.1. The van der Waals surface area contributed by atoms with Crippen molar-refractivity contribution < 1.29 is 31.1 Å². The van der Waals surface area contributed by atoms with E-state index in [1.54, 1.807) is 0 Å². The molecule has 0 heterocycles. The van der Waals surface area contributed by atoms with Gasteiger partial charge in [-0.15, -0.1) is 0 Å². The van der Waals surface area contributed by atoms with Crippen molar-refractivity contribution >= 4 is 0 Å². The molecule has 0 aliphatic heterocycles. The number of hydrogen-bond donors (Lipinski definition) is 0. The first-order valence-electron chi connectivity index (χ1n) is 8.34. The molecule has 136 valence electrons. The molecule has 0 bridgehead atoms. The topological polar surface area (TPSA) is 9.23 Å². The Morgan fingerprint density at radius 3 is 1.52 bits per heavy atom. The van der Waals surface area contributed by atoms with E-state index in [2.05, 4.69) is 0 Å². The highest BCUT2D eigenvalue weighted by atomic mass is 19.4. The van der Waals surface area contributed by atoms with Gasteiger partial charge in [0.15, 0.2) is 5.41 Å². The van der Waals surface area contributed by atoms with Crippen LogP contribution in [0.4, 0.5) is 26.3 Å². The van der Waals surface area contributed by atoms with Gasteiger partial charge < -0.3 is 4.74 Å². The molecule has 0 amide bonds. The van der Waals surface area contributed by atoms with Crippen molar-refractivity contribution in [3.8, 4) is 0 Å². The van der Waals surface area contributed by atoms with Gasteiger partial charge in [0.1, 0.15) is 0 Å². The Balaban J connectivity index is 1.96. The van der Waals surface area contributed by atoms with E-state index in [1.165, 1.54) is 6.42 Å². The molecule has 0 saturated heterocycles. The molecule has 2 rings (SSSR count). The molecular formula is C16H24F6O. The minimum Gasteiger partial charge on any atom is -0.375 e. The van der Waals surface area contributed by atoms with E-state index in [0.717, 1.165) is 25.7 Å². The van der Waals surface area contributed by atoms with Gasteiger partial charge in [0, 0.05) is 0 Å². The molecular weight excluding hydrogens is 322 g/mol. The molecule has 2 fully saturated rings. The van der Waals surface area contributed by atoms with Gasteiger partial charge in [0.2, 0.25) is 0 Å². The van der Waals surface area contributed by atoms with E-state index in [-0.39, 0.29) is 37.9 Å². The number of ether oxygens (including phenoxy) is 1. The zero-order valence-electron chi connectivity index (χ0n) is 13.3. The Labute approximate surface area is 132 Å². The summed E-state index contributed by atoms with van der Waals surface area (Å²) in [5.41, 5.74) is -3.63. The summed E-state index contributed by atoms with van der Waals surface area (Å²) >= 11 is 0. The molecule has 0 N–H and O–H groups in total. The van der Waals surface area contributed by atoms with Gasteiger partial charge in [0.25, 0.3) is 0 Å². The highest BCUT2D eigenvalue weighted by Gasteiger charge is 2.70. The van der Waals surface area contributed by atoms with Crippen molar-refractivity contribution in [1.82, 2.24) is 0 Å². The highest BCUT2D eigenvalue weighted by molar-refractivity contribution is 4.97. The van der Waals surface area contributed by atoms with E-state index in [0.29, 0.717) is 6.92 Å². The second kappa shape index (κ2) is 6.81. The molecule has 0 aromatic rings. The lowest BCUT2D eigenvalue weighted by Gasteiger charge is -2.43. The summed E-state index contributed by atoms with van der Waals surface area (Å²) in [7, 11) is 0. The Bertz CT molecular complexity index is 361. The van der Waals surface area contributed by atoms with Crippen LogP contribution < -0.4 is 0 Å². The van der Waals surface area contributed by atoms with Crippen LogP contribution in [0.25, 0.3) is 0 Å². The van der Waals surface area contributed by atoms with Crippen molar-refractivity contribution in [2.75, 3.05) is 0 Å². The smallest absolute Gasteiger partial charge is 0.375 e. The molecule has 0 unspecified atom stereocenters. The van der Waals surface area contributed by atoms with Crippen molar-refractivity contribution in [2.45, 2.75) is 89.3 Å². The van der Waals surface area contributed by atoms with Crippen molar-refractivity contribution in [1.29, 1.82) is 0 Å². The predicted octanol–water partition coefficient (Wildman–Crippen LogP) is 6.03. The Morgan fingerprint density at radius 2 is 1.09 bits per heavy atom. The zero-order valence-corrected chi connectivity index (χ0v) is 13.3. The van der Waals surface area contributed by atoms with Gasteiger partial charge in [-0.2, -0.15) is 26.3 Å². The normalized spacial score (nSPS) is 28.8. The van der Waals surface area contributed by atoms with Crippen LogP contribution in [-0.4, -0.2) is 24.6 Å². The summed E-state index contributed by atoms with van der Waals surface area (Å²) in [4.78, 5) is 0. The highest BCUT2D eigenvalue weighted by Crippen LogP contribution is 2.58. The molecule has 2 aliphatic rings. The largest absolute Gasteiger partial charge is 0.403 e. The Morgan fingerprint density at radius 1 is 0.652 bits per heavy atom. The molecule has 0 radical (unpaired) electrons. The third-order valence-corrected chi connectivity index (χ3v) is 5.61. The lowest BCUT2D eigenvalue weighted by atomic mass is 9.68. The van der Waals surface area contributed by atoms with Crippen molar-refractivity contribution in [3.05, 3.63) is 0 Å². The number of alkyl halides is 6. The molecule has 2 saturated carbocycles. The number of rotatable bonds is 3. The summed E-state index contributed by atoms with van der Waals surface area (Å²) in [5, 5.41) is 0.